The number of carbonyl (C=O) groups excluding carboxylic acids is 1. The molecule has 1 amide bonds. The van der Waals surface area contributed by atoms with E-state index in [2.05, 4.69) is 28.1 Å². The van der Waals surface area contributed by atoms with Gasteiger partial charge in [-0.1, -0.05) is 57.9 Å². The van der Waals surface area contributed by atoms with Crippen molar-refractivity contribution >= 4 is 39.1 Å². The van der Waals surface area contributed by atoms with Gasteiger partial charge in [-0.3, -0.25) is 4.79 Å². The van der Waals surface area contributed by atoms with Gasteiger partial charge in [0.15, 0.2) is 0 Å². The van der Waals surface area contributed by atoms with Crippen LogP contribution < -0.4 is 4.90 Å². The summed E-state index contributed by atoms with van der Waals surface area (Å²) in [6, 6.07) is 16.1. The van der Waals surface area contributed by atoms with E-state index in [0.29, 0.717) is 6.54 Å². The first-order valence-electron chi connectivity index (χ1n) is 7.41. The molecule has 0 bridgehead atoms. The average Bonchev–Trinajstić information content (AvgIpc) is 3.24. The molecule has 1 aliphatic carbocycles. The molecule has 2 nitrogen and oxygen atoms in total. The zero-order valence-electron chi connectivity index (χ0n) is 11.9. The number of fused-ring (bicyclic) bond motifs is 2. The van der Waals surface area contributed by atoms with Gasteiger partial charge in [0.25, 0.3) is 0 Å². The van der Waals surface area contributed by atoms with Crippen molar-refractivity contribution in [1.29, 1.82) is 0 Å². The highest BCUT2D eigenvalue weighted by Crippen LogP contribution is 2.66. The molecule has 4 rings (SSSR count). The van der Waals surface area contributed by atoms with Crippen LogP contribution in [0, 0.1) is 0 Å². The molecule has 1 fully saturated rings. The lowest BCUT2D eigenvalue weighted by Crippen LogP contribution is -2.34. The molecule has 0 N–H and O–H groups in total. The second-order valence-electron chi connectivity index (χ2n) is 5.94. The largest absolute Gasteiger partial charge is 0.310 e. The summed E-state index contributed by atoms with van der Waals surface area (Å²) in [6.07, 6.45) is 0.892. The summed E-state index contributed by atoms with van der Waals surface area (Å²) in [7, 11) is 0. The molecule has 4 heteroatoms. The monoisotopic (exact) mass is 375 g/mol. The van der Waals surface area contributed by atoms with Gasteiger partial charge in [0, 0.05) is 28.5 Å². The number of hydrogen-bond donors (Lipinski definition) is 0. The number of nitrogens with zero attached hydrogens (tertiary/aromatic N) is 1. The number of benzene rings is 2. The highest BCUT2D eigenvalue weighted by atomic mass is 79.9. The van der Waals surface area contributed by atoms with Gasteiger partial charge < -0.3 is 4.90 Å². The molecule has 2 aromatic rings. The number of anilines is 1. The average molecular weight is 377 g/mol. The Hall–Kier alpha value is -1.32. The highest BCUT2D eigenvalue weighted by Gasteiger charge is 2.66. The summed E-state index contributed by atoms with van der Waals surface area (Å²) in [5.41, 5.74) is 3.10. The molecule has 22 heavy (non-hydrogen) atoms. The first-order chi connectivity index (χ1) is 10.7. The lowest BCUT2D eigenvalue weighted by atomic mass is 9.92. The number of halogens is 2. The van der Waals surface area contributed by atoms with Crippen molar-refractivity contribution in [3.63, 3.8) is 0 Å². The van der Waals surface area contributed by atoms with E-state index in [0.717, 1.165) is 22.5 Å². The number of rotatable bonds is 3. The Morgan fingerprint density at radius 1 is 1.18 bits per heavy atom. The van der Waals surface area contributed by atoms with Crippen LogP contribution in [0.15, 0.2) is 48.5 Å². The second-order valence-corrected chi connectivity index (χ2v) is 7.17. The SMILES string of the molecule is O=C1N(CCBr)c2ccccc2C12C[C@@H]2c1ccc(Cl)cc1. The Balaban J connectivity index is 1.77. The fraction of sp³-hybridized carbons (Fsp3) is 0.278. The Morgan fingerprint density at radius 2 is 1.91 bits per heavy atom. The molecule has 0 aromatic heterocycles. The lowest BCUT2D eigenvalue weighted by Gasteiger charge is -2.16. The number of carbonyl (C=O) groups is 1. The fourth-order valence-corrected chi connectivity index (χ4v) is 4.23. The van der Waals surface area contributed by atoms with Crippen molar-refractivity contribution < 1.29 is 4.79 Å². The Labute approximate surface area is 143 Å². The van der Waals surface area contributed by atoms with Crippen LogP contribution in [0.2, 0.25) is 5.02 Å². The maximum Gasteiger partial charge on any atom is 0.238 e. The van der Waals surface area contributed by atoms with Crippen molar-refractivity contribution in [2.75, 3.05) is 16.8 Å². The van der Waals surface area contributed by atoms with Gasteiger partial charge in [0.1, 0.15) is 0 Å². The van der Waals surface area contributed by atoms with Crippen LogP contribution in [0.25, 0.3) is 0 Å². The van der Waals surface area contributed by atoms with E-state index in [4.69, 9.17) is 11.6 Å². The van der Waals surface area contributed by atoms with Gasteiger partial charge in [-0.2, -0.15) is 0 Å². The van der Waals surface area contributed by atoms with Crippen molar-refractivity contribution in [2.24, 2.45) is 0 Å². The summed E-state index contributed by atoms with van der Waals surface area (Å²) < 4.78 is 0. The second kappa shape index (κ2) is 5.10. The summed E-state index contributed by atoms with van der Waals surface area (Å²) in [4.78, 5) is 15.0. The highest BCUT2D eigenvalue weighted by molar-refractivity contribution is 9.09. The zero-order chi connectivity index (χ0) is 15.3. The quantitative estimate of drug-likeness (QED) is 0.722. The standard InChI is InChI=1S/C18H15BrClNO/c19-9-10-21-16-4-2-1-3-14(16)18(17(21)22)11-15(18)12-5-7-13(20)8-6-12/h1-8,15H,9-11H2/t15-,18?/m1/s1. The molecule has 1 heterocycles. The topological polar surface area (TPSA) is 20.3 Å². The normalized spacial score (nSPS) is 25.6. The summed E-state index contributed by atoms with van der Waals surface area (Å²) in [5.74, 6) is 0.506. The van der Waals surface area contributed by atoms with Crippen molar-refractivity contribution in [3.05, 3.63) is 64.7 Å². The number of para-hydroxylation sites is 1. The summed E-state index contributed by atoms with van der Waals surface area (Å²) >= 11 is 9.44. The Bertz CT molecular complexity index is 745. The number of amides is 1. The molecule has 1 unspecified atom stereocenters. The molecule has 0 saturated heterocycles. The molecule has 0 radical (unpaired) electrons. The predicted octanol–water partition coefficient (Wildman–Crippen LogP) is 4.51. The van der Waals surface area contributed by atoms with Crippen molar-refractivity contribution in [3.8, 4) is 0 Å². The zero-order valence-corrected chi connectivity index (χ0v) is 14.3. The minimum Gasteiger partial charge on any atom is -0.310 e. The maximum absolute atomic E-state index is 13.1. The van der Waals surface area contributed by atoms with Gasteiger partial charge in [-0.05, 0) is 35.7 Å². The van der Waals surface area contributed by atoms with E-state index in [1.54, 1.807) is 0 Å². The molecule has 2 atom stereocenters. The molecule has 1 spiro atoms. The third kappa shape index (κ3) is 1.88. The maximum atomic E-state index is 13.1. The van der Waals surface area contributed by atoms with Gasteiger partial charge in [0.2, 0.25) is 5.91 Å². The fourth-order valence-electron chi connectivity index (χ4n) is 3.75. The first kappa shape index (κ1) is 14.3. The van der Waals surface area contributed by atoms with Crippen LogP contribution in [0.5, 0.6) is 0 Å². The summed E-state index contributed by atoms with van der Waals surface area (Å²) in [6.45, 7) is 0.713. The molecule has 112 valence electrons. The van der Waals surface area contributed by atoms with Crippen LogP contribution in [-0.4, -0.2) is 17.8 Å². The van der Waals surface area contributed by atoms with E-state index in [1.165, 1.54) is 11.1 Å². The predicted molar refractivity (Wildman–Crippen MR) is 93.1 cm³/mol. The van der Waals surface area contributed by atoms with E-state index in [1.807, 2.05) is 41.3 Å². The third-order valence-electron chi connectivity index (χ3n) is 4.84. The Morgan fingerprint density at radius 3 is 2.64 bits per heavy atom. The minimum absolute atomic E-state index is 0.244. The molecule has 1 saturated carbocycles. The van der Waals surface area contributed by atoms with Crippen molar-refractivity contribution in [1.82, 2.24) is 0 Å². The van der Waals surface area contributed by atoms with E-state index in [9.17, 15) is 4.79 Å². The molecule has 2 aromatic carbocycles. The van der Waals surface area contributed by atoms with Crippen LogP contribution in [-0.2, 0) is 10.2 Å². The van der Waals surface area contributed by atoms with Crippen LogP contribution >= 0.6 is 27.5 Å². The van der Waals surface area contributed by atoms with Crippen LogP contribution in [0.3, 0.4) is 0 Å². The number of hydrogen-bond acceptors (Lipinski definition) is 1. The van der Waals surface area contributed by atoms with Gasteiger partial charge in [0.05, 0.1) is 5.41 Å². The van der Waals surface area contributed by atoms with E-state index >= 15 is 0 Å². The minimum atomic E-state index is -0.355. The first-order valence-corrected chi connectivity index (χ1v) is 8.91. The van der Waals surface area contributed by atoms with Crippen LogP contribution in [0.1, 0.15) is 23.5 Å². The van der Waals surface area contributed by atoms with Gasteiger partial charge in [-0.25, -0.2) is 0 Å². The van der Waals surface area contributed by atoms with E-state index in [-0.39, 0.29) is 17.2 Å². The van der Waals surface area contributed by atoms with E-state index < -0.39 is 0 Å². The molecular formula is C18H15BrClNO. The molecular weight excluding hydrogens is 362 g/mol. The Kier molecular flexibility index (Phi) is 3.31. The van der Waals surface area contributed by atoms with Gasteiger partial charge >= 0.3 is 0 Å². The molecule has 2 aliphatic rings. The smallest absolute Gasteiger partial charge is 0.238 e. The lowest BCUT2D eigenvalue weighted by molar-refractivity contribution is -0.120. The van der Waals surface area contributed by atoms with Crippen molar-refractivity contribution in [2.45, 2.75) is 17.8 Å². The third-order valence-corrected chi connectivity index (χ3v) is 5.45. The summed E-state index contributed by atoms with van der Waals surface area (Å²) in [5, 5.41) is 1.52. The number of alkyl halides is 1. The van der Waals surface area contributed by atoms with Gasteiger partial charge in [-0.15, -0.1) is 0 Å². The van der Waals surface area contributed by atoms with Crippen LogP contribution in [0.4, 0.5) is 5.69 Å². The molecule has 1 aliphatic heterocycles.